The van der Waals surface area contributed by atoms with Gasteiger partial charge in [0.15, 0.2) is 0 Å². The van der Waals surface area contributed by atoms with Crippen molar-refractivity contribution in [2.75, 3.05) is 25.1 Å². The predicted molar refractivity (Wildman–Crippen MR) is 69.3 cm³/mol. The average Bonchev–Trinajstić information content (AvgIpc) is 2.36. The van der Waals surface area contributed by atoms with Crippen molar-refractivity contribution >= 4 is 11.6 Å². The summed E-state index contributed by atoms with van der Waals surface area (Å²) in [4.78, 5) is 13.7. The Balaban J connectivity index is 2.91. The first kappa shape index (κ1) is 13.5. The third kappa shape index (κ3) is 3.75. The second kappa shape index (κ2) is 6.91. The normalized spacial score (nSPS) is 10.1. The summed E-state index contributed by atoms with van der Waals surface area (Å²) in [5, 5.41) is 0. The molecule has 0 aliphatic carbocycles. The van der Waals surface area contributed by atoms with Crippen molar-refractivity contribution in [2.24, 2.45) is 5.73 Å². The van der Waals surface area contributed by atoms with Crippen LogP contribution < -0.4 is 15.4 Å². The number of benzene rings is 1. The van der Waals surface area contributed by atoms with Crippen LogP contribution in [0.1, 0.15) is 19.8 Å². The topological polar surface area (TPSA) is 55.6 Å². The molecule has 4 heteroatoms. The Morgan fingerprint density at radius 3 is 2.82 bits per heavy atom. The number of carbonyl (C=O) groups is 1. The highest BCUT2D eigenvalue weighted by Crippen LogP contribution is 2.21. The summed E-state index contributed by atoms with van der Waals surface area (Å²) < 4.78 is 5.15. The Bertz CT molecular complexity index is 366. The van der Waals surface area contributed by atoms with Gasteiger partial charge in [-0.15, -0.1) is 0 Å². The summed E-state index contributed by atoms with van der Waals surface area (Å²) in [6.45, 7) is 2.97. The number of ether oxygens (including phenoxy) is 1. The van der Waals surface area contributed by atoms with E-state index in [1.165, 1.54) is 0 Å². The van der Waals surface area contributed by atoms with Crippen molar-refractivity contribution < 1.29 is 9.53 Å². The molecule has 0 radical (unpaired) electrons. The zero-order chi connectivity index (χ0) is 12.7. The fourth-order valence-electron chi connectivity index (χ4n) is 1.65. The third-order valence-electron chi connectivity index (χ3n) is 2.48. The van der Waals surface area contributed by atoms with E-state index in [0.29, 0.717) is 19.5 Å². The van der Waals surface area contributed by atoms with Crippen LogP contribution in [0.25, 0.3) is 0 Å². The molecule has 0 unspecified atom stereocenters. The molecule has 0 heterocycles. The van der Waals surface area contributed by atoms with Crippen molar-refractivity contribution in [2.45, 2.75) is 19.8 Å². The first-order valence-electron chi connectivity index (χ1n) is 5.87. The summed E-state index contributed by atoms with van der Waals surface area (Å²) in [5.74, 6) is 0.847. The first-order chi connectivity index (χ1) is 8.22. The standard InChI is InChI=1S/C13H20N2O2/c1-3-5-13(16)15(9-8-14)11-6-4-7-12(10-11)17-2/h4,6-7,10H,3,5,8-9,14H2,1-2H3. The van der Waals surface area contributed by atoms with Gasteiger partial charge in [-0.1, -0.05) is 13.0 Å². The zero-order valence-electron chi connectivity index (χ0n) is 10.5. The Hall–Kier alpha value is -1.55. The van der Waals surface area contributed by atoms with Crippen LogP contribution >= 0.6 is 0 Å². The molecule has 1 rings (SSSR count). The molecule has 0 aliphatic rings. The Morgan fingerprint density at radius 2 is 2.24 bits per heavy atom. The fourth-order valence-corrected chi connectivity index (χ4v) is 1.65. The van der Waals surface area contributed by atoms with Crippen molar-refractivity contribution in [1.29, 1.82) is 0 Å². The minimum absolute atomic E-state index is 0.103. The maximum Gasteiger partial charge on any atom is 0.227 e. The molecule has 0 aromatic heterocycles. The SMILES string of the molecule is CCCC(=O)N(CCN)c1cccc(OC)c1. The zero-order valence-corrected chi connectivity index (χ0v) is 10.5. The van der Waals surface area contributed by atoms with E-state index in [-0.39, 0.29) is 5.91 Å². The largest absolute Gasteiger partial charge is 0.497 e. The lowest BCUT2D eigenvalue weighted by molar-refractivity contribution is -0.118. The van der Waals surface area contributed by atoms with Gasteiger partial charge in [-0.05, 0) is 18.6 Å². The lowest BCUT2D eigenvalue weighted by Crippen LogP contribution is -2.35. The number of carbonyl (C=O) groups excluding carboxylic acids is 1. The van der Waals surface area contributed by atoms with E-state index in [1.54, 1.807) is 12.0 Å². The van der Waals surface area contributed by atoms with E-state index in [1.807, 2.05) is 31.2 Å². The van der Waals surface area contributed by atoms with Gasteiger partial charge < -0.3 is 15.4 Å². The van der Waals surface area contributed by atoms with Gasteiger partial charge in [0.1, 0.15) is 5.75 Å². The van der Waals surface area contributed by atoms with Crippen LogP contribution in [-0.4, -0.2) is 26.1 Å². The van der Waals surface area contributed by atoms with E-state index in [4.69, 9.17) is 10.5 Å². The third-order valence-corrected chi connectivity index (χ3v) is 2.48. The van der Waals surface area contributed by atoms with Crippen LogP contribution in [0.4, 0.5) is 5.69 Å². The van der Waals surface area contributed by atoms with Crippen molar-refractivity contribution in [3.63, 3.8) is 0 Å². The summed E-state index contributed by atoms with van der Waals surface area (Å²) in [7, 11) is 1.61. The molecule has 1 amide bonds. The number of anilines is 1. The molecule has 17 heavy (non-hydrogen) atoms. The van der Waals surface area contributed by atoms with Gasteiger partial charge in [-0.2, -0.15) is 0 Å². The number of hydrogen-bond donors (Lipinski definition) is 1. The maximum atomic E-state index is 12.0. The van der Waals surface area contributed by atoms with E-state index >= 15 is 0 Å². The molecule has 1 aromatic rings. The average molecular weight is 236 g/mol. The highest BCUT2D eigenvalue weighted by atomic mass is 16.5. The summed E-state index contributed by atoms with van der Waals surface area (Å²) in [6.07, 6.45) is 1.38. The number of methoxy groups -OCH3 is 1. The predicted octanol–water partition coefficient (Wildman–Crippen LogP) is 1.79. The summed E-state index contributed by atoms with van der Waals surface area (Å²) >= 11 is 0. The number of amides is 1. The van der Waals surface area contributed by atoms with E-state index in [0.717, 1.165) is 17.9 Å². The number of nitrogens with two attached hydrogens (primary N) is 1. The van der Waals surface area contributed by atoms with Crippen LogP contribution in [0.2, 0.25) is 0 Å². The van der Waals surface area contributed by atoms with Crippen LogP contribution in [0.5, 0.6) is 5.75 Å². The Labute approximate surface area is 102 Å². The van der Waals surface area contributed by atoms with E-state index < -0.39 is 0 Å². The number of nitrogens with zero attached hydrogens (tertiary/aromatic N) is 1. The molecule has 4 nitrogen and oxygen atoms in total. The second-order valence-corrected chi connectivity index (χ2v) is 3.79. The fraction of sp³-hybridized carbons (Fsp3) is 0.462. The van der Waals surface area contributed by atoms with E-state index in [9.17, 15) is 4.79 Å². The molecule has 0 atom stereocenters. The molecule has 94 valence electrons. The molecule has 2 N–H and O–H groups in total. The van der Waals surface area contributed by atoms with E-state index in [2.05, 4.69) is 0 Å². The first-order valence-corrected chi connectivity index (χ1v) is 5.87. The van der Waals surface area contributed by atoms with Crippen LogP contribution in [0, 0.1) is 0 Å². The Kier molecular flexibility index (Phi) is 5.49. The Morgan fingerprint density at radius 1 is 1.47 bits per heavy atom. The minimum Gasteiger partial charge on any atom is -0.497 e. The smallest absolute Gasteiger partial charge is 0.227 e. The van der Waals surface area contributed by atoms with Crippen LogP contribution in [0.15, 0.2) is 24.3 Å². The molecule has 0 spiro atoms. The summed E-state index contributed by atoms with van der Waals surface area (Å²) in [5.41, 5.74) is 6.39. The van der Waals surface area contributed by atoms with Gasteiger partial charge >= 0.3 is 0 Å². The molecular weight excluding hydrogens is 216 g/mol. The molecule has 1 aromatic carbocycles. The maximum absolute atomic E-state index is 12.0. The molecule has 0 saturated carbocycles. The van der Waals surface area contributed by atoms with Crippen molar-refractivity contribution in [3.05, 3.63) is 24.3 Å². The van der Waals surface area contributed by atoms with Gasteiger partial charge in [0, 0.05) is 31.3 Å². The monoisotopic (exact) mass is 236 g/mol. The molecule has 0 fully saturated rings. The molecular formula is C13H20N2O2. The van der Waals surface area contributed by atoms with Gasteiger partial charge in [-0.3, -0.25) is 4.79 Å². The number of rotatable bonds is 6. The highest BCUT2D eigenvalue weighted by Gasteiger charge is 2.14. The lowest BCUT2D eigenvalue weighted by Gasteiger charge is -2.22. The quantitative estimate of drug-likeness (QED) is 0.819. The molecule has 0 bridgehead atoms. The van der Waals surface area contributed by atoms with Gasteiger partial charge in [-0.25, -0.2) is 0 Å². The van der Waals surface area contributed by atoms with Gasteiger partial charge in [0.05, 0.1) is 7.11 Å². The minimum atomic E-state index is 0.103. The van der Waals surface area contributed by atoms with Crippen LogP contribution in [0.3, 0.4) is 0 Å². The van der Waals surface area contributed by atoms with Crippen molar-refractivity contribution in [1.82, 2.24) is 0 Å². The second-order valence-electron chi connectivity index (χ2n) is 3.79. The molecule has 0 aliphatic heterocycles. The van der Waals surface area contributed by atoms with Crippen LogP contribution in [-0.2, 0) is 4.79 Å². The molecule has 0 saturated heterocycles. The number of hydrogen-bond acceptors (Lipinski definition) is 3. The van der Waals surface area contributed by atoms with Gasteiger partial charge in [0.2, 0.25) is 5.91 Å². The summed E-state index contributed by atoms with van der Waals surface area (Å²) in [6, 6.07) is 7.47. The van der Waals surface area contributed by atoms with Crippen molar-refractivity contribution in [3.8, 4) is 5.75 Å². The highest BCUT2D eigenvalue weighted by molar-refractivity contribution is 5.93. The lowest BCUT2D eigenvalue weighted by atomic mass is 10.2. The van der Waals surface area contributed by atoms with Gasteiger partial charge in [0.25, 0.3) is 0 Å².